The molecule has 2 N–H and O–H groups in total. The van der Waals surface area contributed by atoms with Crippen molar-refractivity contribution in [3.8, 4) is 0 Å². The molecule has 0 aliphatic rings. The zero-order valence-corrected chi connectivity index (χ0v) is 12.0. The number of nitrogens with zero attached hydrogens (tertiary/aromatic N) is 1. The number of unbranched alkanes of at least 4 members (excludes halogenated alkanes) is 3. The van der Waals surface area contributed by atoms with Crippen LogP contribution in [0.2, 0.25) is 0 Å². The van der Waals surface area contributed by atoms with Gasteiger partial charge in [0, 0.05) is 12.6 Å². The predicted octanol–water partition coefficient (Wildman–Crippen LogP) is 4.28. The summed E-state index contributed by atoms with van der Waals surface area (Å²) < 4.78 is 0. The van der Waals surface area contributed by atoms with Crippen LogP contribution in [0.25, 0.3) is 0 Å². The Morgan fingerprint density at radius 1 is 1.11 bits per heavy atom. The van der Waals surface area contributed by atoms with E-state index in [1.807, 2.05) is 18.2 Å². The first-order valence-corrected chi connectivity index (χ1v) is 7.23. The molecule has 0 fully saturated rings. The monoisotopic (exact) mass is 249 g/mol. The molecule has 1 unspecified atom stereocenters. The fraction of sp³-hybridized carbons (Fsp3) is 0.667. The minimum Gasteiger partial charge on any atom is -0.370 e. The third-order valence-electron chi connectivity index (χ3n) is 2.99. The topological polar surface area (TPSA) is 37.0 Å². The first-order valence-electron chi connectivity index (χ1n) is 7.23. The summed E-state index contributed by atoms with van der Waals surface area (Å²) in [6, 6.07) is 6.56. The third-order valence-corrected chi connectivity index (χ3v) is 2.99. The lowest BCUT2D eigenvalue weighted by molar-refractivity contribution is 0.593. The average Bonchev–Trinajstić information content (AvgIpc) is 2.35. The van der Waals surface area contributed by atoms with E-state index in [0.29, 0.717) is 6.04 Å². The lowest BCUT2D eigenvalue weighted by Gasteiger charge is -2.15. The van der Waals surface area contributed by atoms with Gasteiger partial charge < -0.3 is 10.6 Å². The molecule has 1 rings (SSSR count). The molecule has 3 nitrogen and oxygen atoms in total. The van der Waals surface area contributed by atoms with Gasteiger partial charge in [-0.1, -0.05) is 38.7 Å². The van der Waals surface area contributed by atoms with Crippen LogP contribution >= 0.6 is 0 Å². The maximum atomic E-state index is 4.52. The lowest BCUT2D eigenvalue weighted by atomic mass is 10.1. The molecular weight excluding hydrogens is 222 g/mol. The summed E-state index contributed by atoms with van der Waals surface area (Å²) in [6.07, 6.45) is 6.50. The number of hydrogen-bond donors (Lipinski definition) is 2. The Hall–Kier alpha value is -1.25. The summed E-state index contributed by atoms with van der Waals surface area (Å²) in [5.74, 6) is 1.91. The summed E-state index contributed by atoms with van der Waals surface area (Å²) in [6.45, 7) is 7.46. The first-order chi connectivity index (χ1) is 8.76. The predicted molar refractivity (Wildman–Crippen MR) is 80.2 cm³/mol. The van der Waals surface area contributed by atoms with Crippen LogP contribution in [0.4, 0.5) is 11.6 Å². The standard InChI is InChI=1S/C15H27N3/c1-4-6-7-8-10-13(3)17-15-12-9-11-14(18-15)16-5-2/h9,11-13H,4-8,10H2,1-3H3,(H2,16,17,18). The van der Waals surface area contributed by atoms with E-state index in [1.165, 1.54) is 32.1 Å². The molecule has 102 valence electrons. The summed E-state index contributed by atoms with van der Waals surface area (Å²) >= 11 is 0. The second-order valence-electron chi connectivity index (χ2n) is 4.83. The Balaban J connectivity index is 2.34. The Bertz CT molecular complexity index is 325. The van der Waals surface area contributed by atoms with Crippen molar-refractivity contribution >= 4 is 11.6 Å². The number of nitrogens with one attached hydrogen (secondary N) is 2. The highest BCUT2D eigenvalue weighted by Crippen LogP contribution is 2.13. The van der Waals surface area contributed by atoms with Crippen LogP contribution in [0, 0.1) is 0 Å². The van der Waals surface area contributed by atoms with Crippen molar-refractivity contribution in [2.45, 2.75) is 58.9 Å². The van der Waals surface area contributed by atoms with Gasteiger partial charge in [0.1, 0.15) is 11.6 Å². The molecule has 0 aromatic carbocycles. The van der Waals surface area contributed by atoms with E-state index in [0.717, 1.165) is 18.2 Å². The van der Waals surface area contributed by atoms with E-state index in [1.54, 1.807) is 0 Å². The van der Waals surface area contributed by atoms with Crippen molar-refractivity contribution in [2.75, 3.05) is 17.2 Å². The zero-order valence-electron chi connectivity index (χ0n) is 12.0. The zero-order chi connectivity index (χ0) is 13.2. The molecule has 0 saturated heterocycles. The molecule has 3 heteroatoms. The van der Waals surface area contributed by atoms with Gasteiger partial charge in [0.25, 0.3) is 0 Å². The summed E-state index contributed by atoms with van der Waals surface area (Å²) in [4.78, 5) is 4.52. The molecule has 1 aromatic heterocycles. The molecule has 0 amide bonds. The second-order valence-corrected chi connectivity index (χ2v) is 4.83. The number of pyridine rings is 1. The van der Waals surface area contributed by atoms with Crippen LogP contribution in [0.5, 0.6) is 0 Å². The highest BCUT2D eigenvalue weighted by Gasteiger charge is 2.03. The number of anilines is 2. The highest BCUT2D eigenvalue weighted by molar-refractivity contribution is 5.45. The summed E-state index contributed by atoms with van der Waals surface area (Å²) in [5, 5.41) is 6.70. The molecule has 0 spiro atoms. The molecule has 0 bridgehead atoms. The second kappa shape index (κ2) is 8.78. The minimum atomic E-state index is 0.492. The Labute approximate surface area is 111 Å². The van der Waals surface area contributed by atoms with Crippen molar-refractivity contribution in [3.63, 3.8) is 0 Å². The van der Waals surface area contributed by atoms with Crippen LogP contribution in [0.3, 0.4) is 0 Å². The van der Waals surface area contributed by atoms with Crippen molar-refractivity contribution in [1.82, 2.24) is 4.98 Å². The SMILES string of the molecule is CCCCCCC(C)Nc1cccc(NCC)n1. The van der Waals surface area contributed by atoms with Crippen LogP contribution < -0.4 is 10.6 Å². The maximum Gasteiger partial charge on any atom is 0.128 e. The van der Waals surface area contributed by atoms with Crippen LogP contribution in [0.1, 0.15) is 52.9 Å². The molecule has 1 heterocycles. The first kappa shape index (κ1) is 14.8. The van der Waals surface area contributed by atoms with Gasteiger partial charge in [0.15, 0.2) is 0 Å². The van der Waals surface area contributed by atoms with E-state index < -0.39 is 0 Å². The number of aromatic nitrogens is 1. The van der Waals surface area contributed by atoms with Gasteiger partial charge in [0.2, 0.25) is 0 Å². The van der Waals surface area contributed by atoms with Crippen LogP contribution in [-0.2, 0) is 0 Å². The lowest BCUT2D eigenvalue weighted by Crippen LogP contribution is -2.16. The molecule has 0 aliphatic carbocycles. The smallest absolute Gasteiger partial charge is 0.128 e. The average molecular weight is 249 g/mol. The number of rotatable bonds is 9. The molecule has 0 aliphatic heterocycles. The van der Waals surface area contributed by atoms with Gasteiger partial charge in [-0.05, 0) is 32.4 Å². The summed E-state index contributed by atoms with van der Waals surface area (Å²) in [5.41, 5.74) is 0. The Morgan fingerprint density at radius 2 is 1.89 bits per heavy atom. The van der Waals surface area contributed by atoms with Gasteiger partial charge in [-0.3, -0.25) is 0 Å². The molecule has 0 saturated carbocycles. The Kier molecular flexibility index (Phi) is 7.23. The van der Waals surface area contributed by atoms with E-state index in [-0.39, 0.29) is 0 Å². The minimum absolute atomic E-state index is 0.492. The highest BCUT2D eigenvalue weighted by atomic mass is 15.1. The largest absolute Gasteiger partial charge is 0.370 e. The Morgan fingerprint density at radius 3 is 2.61 bits per heavy atom. The summed E-state index contributed by atoms with van der Waals surface area (Å²) in [7, 11) is 0. The van der Waals surface area contributed by atoms with Gasteiger partial charge in [-0.15, -0.1) is 0 Å². The van der Waals surface area contributed by atoms with Crippen molar-refractivity contribution < 1.29 is 0 Å². The van der Waals surface area contributed by atoms with E-state index in [9.17, 15) is 0 Å². The van der Waals surface area contributed by atoms with Crippen LogP contribution in [-0.4, -0.2) is 17.6 Å². The fourth-order valence-electron chi connectivity index (χ4n) is 2.00. The quantitative estimate of drug-likeness (QED) is 0.641. The maximum absolute atomic E-state index is 4.52. The molecular formula is C15H27N3. The van der Waals surface area contributed by atoms with Gasteiger partial charge in [0.05, 0.1) is 0 Å². The molecule has 1 atom stereocenters. The van der Waals surface area contributed by atoms with E-state index >= 15 is 0 Å². The van der Waals surface area contributed by atoms with E-state index in [2.05, 4.69) is 36.4 Å². The molecule has 1 aromatic rings. The van der Waals surface area contributed by atoms with Gasteiger partial charge in [-0.25, -0.2) is 4.98 Å². The van der Waals surface area contributed by atoms with E-state index in [4.69, 9.17) is 0 Å². The molecule has 18 heavy (non-hydrogen) atoms. The normalized spacial score (nSPS) is 12.2. The van der Waals surface area contributed by atoms with Crippen molar-refractivity contribution in [1.29, 1.82) is 0 Å². The number of hydrogen-bond acceptors (Lipinski definition) is 3. The van der Waals surface area contributed by atoms with Gasteiger partial charge in [-0.2, -0.15) is 0 Å². The molecule has 0 radical (unpaired) electrons. The van der Waals surface area contributed by atoms with Crippen molar-refractivity contribution in [2.24, 2.45) is 0 Å². The van der Waals surface area contributed by atoms with Crippen molar-refractivity contribution in [3.05, 3.63) is 18.2 Å². The van der Waals surface area contributed by atoms with Gasteiger partial charge >= 0.3 is 0 Å². The third kappa shape index (κ3) is 5.89. The van der Waals surface area contributed by atoms with Crippen LogP contribution in [0.15, 0.2) is 18.2 Å². The fourth-order valence-corrected chi connectivity index (χ4v) is 2.00.